The molecule has 0 spiro atoms. The number of nitro groups is 2. The number of hydrogen-bond donors (Lipinski definition) is 1. The predicted molar refractivity (Wildman–Crippen MR) is 93.6 cm³/mol. The number of hydrogen-bond acceptors (Lipinski definition) is 11. The largest absolute Gasteiger partial charge is 0.569 e. The smallest absolute Gasteiger partial charge is 0.321 e. The molecule has 17 nitrogen and oxygen atoms in total. The molecule has 0 saturated carbocycles. The van der Waals surface area contributed by atoms with Crippen LogP contribution < -0.4 is 9.68 Å². The summed E-state index contributed by atoms with van der Waals surface area (Å²) in [5.41, 5.74) is -1.75. The SMILES string of the molecule is CN(C)/[N+]([O-])=N/Oc1cc(O/N=[N+](\[O-])N2CCCC2CO)c([N+](=O)[O-])cc1[N+](=O)[O-]. The number of nitro benzene ring substituents is 2. The second-order valence-corrected chi connectivity index (χ2v) is 6.14. The highest BCUT2D eigenvalue weighted by atomic mass is 16.7. The van der Waals surface area contributed by atoms with Crippen molar-refractivity contribution < 1.29 is 34.6 Å². The summed E-state index contributed by atoms with van der Waals surface area (Å²) in [5, 5.41) is 63.6. The van der Waals surface area contributed by atoms with Gasteiger partial charge in [-0.3, -0.25) is 29.9 Å². The van der Waals surface area contributed by atoms with E-state index >= 15 is 0 Å². The van der Waals surface area contributed by atoms with Crippen LogP contribution in [0.5, 0.6) is 11.5 Å². The molecule has 1 aromatic carbocycles. The fraction of sp³-hybridized carbons (Fsp3) is 0.538. The molecule has 1 unspecified atom stereocenters. The zero-order valence-electron chi connectivity index (χ0n) is 15.9. The lowest BCUT2D eigenvalue weighted by Gasteiger charge is -2.17. The van der Waals surface area contributed by atoms with Crippen LogP contribution in [0.15, 0.2) is 22.7 Å². The number of aliphatic hydroxyl groups excluding tert-OH is 1. The van der Waals surface area contributed by atoms with Crippen molar-refractivity contribution in [2.75, 3.05) is 27.2 Å². The summed E-state index contributed by atoms with van der Waals surface area (Å²) in [4.78, 5) is 30.0. The fourth-order valence-electron chi connectivity index (χ4n) is 2.48. The van der Waals surface area contributed by atoms with E-state index in [9.17, 15) is 35.7 Å². The highest BCUT2D eigenvalue weighted by molar-refractivity contribution is 5.61. The molecule has 1 fully saturated rings. The van der Waals surface area contributed by atoms with Gasteiger partial charge in [-0.1, -0.05) is 0 Å². The van der Waals surface area contributed by atoms with Crippen LogP contribution in [0.3, 0.4) is 0 Å². The van der Waals surface area contributed by atoms with Gasteiger partial charge >= 0.3 is 11.4 Å². The average Bonchev–Trinajstić information content (AvgIpc) is 3.18. The predicted octanol–water partition coefficient (Wildman–Crippen LogP) is 0.864. The molecule has 1 N–H and O–H groups in total. The fourth-order valence-corrected chi connectivity index (χ4v) is 2.48. The zero-order valence-corrected chi connectivity index (χ0v) is 15.9. The first-order valence-electron chi connectivity index (χ1n) is 8.37. The lowest BCUT2D eigenvalue weighted by Crippen LogP contribution is -2.37. The summed E-state index contributed by atoms with van der Waals surface area (Å²) in [6.45, 7) is -0.0238. The first kappa shape index (κ1) is 22.3. The van der Waals surface area contributed by atoms with Crippen LogP contribution in [0, 0.1) is 30.6 Å². The molecule has 1 aliphatic heterocycles. The van der Waals surface area contributed by atoms with Gasteiger partial charge in [0.2, 0.25) is 22.1 Å². The average molecular weight is 430 g/mol. The van der Waals surface area contributed by atoms with E-state index in [0.717, 1.165) is 10.0 Å². The highest BCUT2D eigenvalue weighted by Crippen LogP contribution is 2.39. The van der Waals surface area contributed by atoms with Gasteiger partial charge in [0.15, 0.2) is 0 Å². The molecule has 1 aromatic rings. The molecule has 0 aliphatic carbocycles. The van der Waals surface area contributed by atoms with E-state index in [1.54, 1.807) is 0 Å². The van der Waals surface area contributed by atoms with E-state index < -0.39 is 38.8 Å². The molecule has 0 bridgehead atoms. The van der Waals surface area contributed by atoms with E-state index in [1.165, 1.54) is 14.1 Å². The van der Waals surface area contributed by atoms with Crippen molar-refractivity contribution >= 4 is 11.4 Å². The second-order valence-electron chi connectivity index (χ2n) is 6.14. The minimum Gasteiger partial charge on any atom is -0.569 e. The van der Waals surface area contributed by atoms with Gasteiger partial charge in [-0.25, -0.2) is 0 Å². The Morgan fingerprint density at radius 3 is 2.17 bits per heavy atom. The normalized spacial score (nSPS) is 17.0. The van der Waals surface area contributed by atoms with Crippen molar-refractivity contribution in [2.45, 2.75) is 18.9 Å². The third-order valence-electron chi connectivity index (χ3n) is 3.97. The van der Waals surface area contributed by atoms with Gasteiger partial charge in [-0.05, 0) is 12.8 Å². The molecule has 0 radical (unpaired) electrons. The van der Waals surface area contributed by atoms with Crippen molar-refractivity contribution in [1.29, 1.82) is 0 Å². The quantitative estimate of drug-likeness (QED) is 0.251. The summed E-state index contributed by atoms with van der Waals surface area (Å²) < 4.78 is 0. The molecule has 30 heavy (non-hydrogen) atoms. The maximum absolute atomic E-state index is 12.1. The Hall–Kier alpha value is -4.02. The van der Waals surface area contributed by atoms with E-state index in [1.807, 2.05) is 0 Å². The Balaban J connectivity index is 2.40. The van der Waals surface area contributed by atoms with E-state index in [2.05, 4.69) is 10.6 Å². The summed E-state index contributed by atoms with van der Waals surface area (Å²) in [7, 11) is 2.64. The molecule has 1 atom stereocenters. The number of aliphatic hydroxyl groups is 1. The van der Waals surface area contributed by atoms with Crippen LogP contribution in [0.2, 0.25) is 0 Å². The van der Waals surface area contributed by atoms with E-state index in [-0.39, 0.29) is 23.1 Å². The van der Waals surface area contributed by atoms with Crippen LogP contribution in [-0.2, 0) is 0 Å². The van der Waals surface area contributed by atoms with Gasteiger partial charge in [0.05, 0.1) is 47.0 Å². The van der Waals surface area contributed by atoms with Crippen molar-refractivity contribution in [3.63, 3.8) is 0 Å². The Labute approximate surface area is 167 Å². The third-order valence-corrected chi connectivity index (χ3v) is 3.97. The zero-order chi connectivity index (χ0) is 22.4. The highest BCUT2D eigenvalue weighted by Gasteiger charge is 2.32. The van der Waals surface area contributed by atoms with Crippen LogP contribution >= 0.6 is 0 Å². The number of benzene rings is 1. The Kier molecular flexibility index (Phi) is 7.02. The third kappa shape index (κ3) is 5.07. The van der Waals surface area contributed by atoms with Crippen molar-refractivity contribution in [3.8, 4) is 11.5 Å². The van der Waals surface area contributed by atoms with Gasteiger partial charge in [0.1, 0.15) is 12.1 Å². The molecule has 17 heteroatoms. The van der Waals surface area contributed by atoms with Gasteiger partial charge in [-0.15, -0.1) is 5.01 Å². The molecule has 1 saturated heterocycles. The summed E-state index contributed by atoms with van der Waals surface area (Å²) in [6.07, 6.45) is 1.16. The number of rotatable bonds is 9. The first-order chi connectivity index (χ1) is 14.1. The van der Waals surface area contributed by atoms with Gasteiger partial charge in [-0.2, -0.15) is 5.01 Å². The Morgan fingerprint density at radius 1 is 1.10 bits per heavy atom. The van der Waals surface area contributed by atoms with Crippen molar-refractivity contribution in [1.82, 2.24) is 10.0 Å². The van der Waals surface area contributed by atoms with Gasteiger partial charge < -0.3 is 15.5 Å². The Morgan fingerprint density at radius 2 is 1.67 bits per heavy atom. The lowest BCUT2D eigenvalue weighted by molar-refractivity contribution is -0.711. The van der Waals surface area contributed by atoms with Crippen molar-refractivity contribution in [3.05, 3.63) is 42.8 Å². The van der Waals surface area contributed by atoms with Crippen LogP contribution in [-0.4, -0.2) is 68.2 Å². The number of nitrogens with zero attached hydrogens (tertiary/aromatic N) is 8. The lowest BCUT2D eigenvalue weighted by atomic mass is 10.2. The van der Waals surface area contributed by atoms with Crippen LogP contribution in [0.1, 0.15) is 12.8 Å². The standard InChI is InChI=1S/C13H18N8O9/c1-16(2)20(27)14-29-12-7-13(11(19(25)26)6-10(12)18(23)24)30-15-21(28)17-5-3-4-9(17)8-22/h6-7,9,22H,3-5,8H2,1-2H3/b20-14-,21-15-. The maximum Gasteiger partial charge on any atom is 0.321 e. The molecule has 2 rings (SSSR count). The van der Waals surface area contributed by atoms with Crippen LogP contribution in [0.4, 0.5) is 11.4 Å². The Bertz CT molecular complexity index is 874. The first-order valence-corrected chi connectivity index (χ1v) is 8.37. The summed E-state index contributed by atoms with van der Waals surface area (Å²) in [5.74, 6) is -1.33. The second kappa shape index (κ2) is 9.45. The van der Waals surface area contributed by atoms with Gasteiger partial charge in [0, 0.05) is 6.07 Å². The maximum atomic E-state index is 12.1. The summed E-state index contributed by atoms with van der Waals surface area (Å²) >= 11 is 0. The minimum atomic E-state index is -0.987. The molecule has 164 valence electrons. The monoisotopic (exact) mass is 430 g/mol. The summed E-state index contributed by atoms with van der Waals surface area (Å²) in [6, 6.07) is 0.726. The topological polar surface area (TPSA) is 208 Å². The molecule has 1 heterocycles. The molecule has 0 amide bonds. The minimum absolute atomic E-state index is 0.0232. The van der Waals surface area contributed by atoms with Crippen LogP contribution in [0.25, 0.3) is 0 Å². The molecular formula is C13H18N8O9. The van der Waals surface area contributed by atoms with Crippen molar-refractivity contribution in [2.24, 2.45) is 10.6 Å². The van der Waals surface area contributed by atoms with E-state index in [0.29, 0.717) is 25.0 Å². The number of hydrazine groups is 2. The molecular weight excluding hydrogens is 412 g/mol. The molecule has 0 aromatic heterocycles. The molecule has 1 aliphatic rings. The van der Waals surface area contributed by atoms with E-state index in [4.69, 9.17) is 9.68 Å². The van der Waals surface area contributed by atoms with Gasteiger partial charge in [0.25, 0.3) is 0 Å².